The Hall–Kier alpha value is -0.810. The van der Waals surface area contributed by atoms with Crippen LogP contribution in [0.5, 0.6) is 5.75 Å². The molecule has 1 aliphatic heterocycles. The molecule has 1 unspecified atom stereocenters. The average molecular weight is 300 g/mol. The summed E-state index contributed by atoms with van der Waals surface area (Å²) in [6, 6.07) is 5.48. The number of hydrogen-bond acceptors (Lipinski definition) is 4. The summed E-state index contributed by atoms with van der Waals surface area (Å²) in [7, 11) is 0. The maximum Gasteiger partial charge on any atom is 0.119 e. The second-order valence-electron chi connectivity index (χ2n) is 5.81. The van der Waals surface area contributed by atoms with Gasteiger partial charge in [0.2, 0.25) is 0 Å². The van der Waals surface area contributed by atoms with Gasteiger partial charge in [-0.3, -0.25) is 0 Å². The van der Waals surface area contributed by atoms with Gasteiger partial charge in [0.1, 0.15) is 18.5 Å². The summed E-state index contributed by atoms with van der Waals surface area (Å²) < 4.78 is 10.7. The largest absolute Gasteiger partial charge is 0.491 e. The molecule has 0 amide bonds. The summed E-state index contributed by atoms with van der Waals surface area (Å²) in [5.41, 5.74) is 1.18. The maximum atomic E-state index is 9.88. The highest BCUT2D eigenvalue weighted by molar-refractivity contribution is 6.31. The second-order valence-corrected chi connectivity index (χ2v) is 6.22. The van der Waals surface area contributed by atoms with Crippen molar-refractivity contribution in [1.29, 1.82) is 0 Å². The molecule has 112 valence electrons. The first kappa shape index (κ1) is 15.6. The second kappa shape index (κ2) is 6.76. The molecular formula is C15H22ClNO3. The summed E-state index contributed by atoms with van der Waals surface area (Å²) in [6.07, 6.45) is -0.532. The van der Waals surface area contributed by atoms with Gasteiger partial charge in [-0.05, 0) is 30.7 Å². The van der Waals surface area contributed by atoms with E-state index in [1.54, 1.807) is 6.07 Å². The quantitative estimate of drug-likeness (QED) is 0.809. The van der Waals surface area contributed by atoms with Crippen molar-refractivity contribution in [2.24, 2.45) is 5.41 Å². The molecular weight excluding hydrogens is 278 g/mol. The van der Waals surface area contributed by atoms with E-state index in [1.807, 2.05) is 19.1 Å². The number of aliphatic hydroxyl groups excluding tert-OH is 1. The van der Waals surface area contributed by atoms with E-state index in [9.17, 15) is 5.11 Å². The lowest BCUT2D eigenvalue weighted by molar-refractivity contribution is -0.0997. The van der Waals surface area contributed by atoms with Crippen LogP contribution in [0, 0.1) is 12.3 Å². The number of nitrogens with one attached hydrogen (secondary N) is 1. The molecule has 2 N–H and O–H groups in total. The van der Waals surface area contributed by atoms with Gasteiger partial charge in [-0.15, -0.1) is 0 Å². The van der Waals surface area contributed by atoms with Gasteiger partial charge in [0.15, 0.2) is 0 Å². The zero-order valence-corrected chi connectivity index (χ0v) is 12.7. The predicted octanol–water partition coefficient (Wildman–Crippen LogP) is 2.01. The summed E-state index contributed by atoms with van der Waals surface area (Å²) in [4.78, 5) is 0. The van der Waals surface area contributed by atoms with Crippen molar-refractivity contribution in [2.75, 3.05) is 32.9 Å². The van der Waals surface area contributed by atoms with Crippen molar-refractivity contribution in [3.63, 3.8) is 0 Å². The van der Waals surface area contributed by atoms with Crippen LogP contribution in [0.15, 0.2) is 18.2 Å². The third kappa shape index (κ3) is 4.35. The molecule has 2 rings (SSSR count). The van der Waals surface area contributed by atoms with Crippen LogP contribution in [-0.2, 0) is 4.74 Å². The number of benzene rings is 1. The first-order valence-corrected chi connectivity index (χ1v) is 7.22. The highest BCUT2D eigenvalue weighted by Crippen LogP contribution is 2.25. The minimum Gasteiger partial charge on any atom is -0.491 e. The van der Waals surface area contributed by atoms with Crippen LogP contribution >= 0.6 is 11.6 Å². The van der Waals surface area contributed by atoms with E-state index in [0.29, 0.717) is 6.54 Å². The Balaban J connectivity index is 1.66. The average Bonchev–Trinajstić information content (AvgIpc) is 2.38. The molecule has 0 aromatic heterocycles. The van der Waals surface area contributed by atoms with Crippen molar-refractivity contribution < 1.29 is 14.6 Å². The topological polar surface area (TPSA) is 50.7 Å². The molecule has 0 aliphatic carbocycles. The van der Waals surface area contributed by atoms with Crippen LogP contribution in [0.2, 0.25) is 5.02 Å². The van der Waals surface area contributed by atoms with E-state index in [0.717, 1.165) is 36.1 Å². The number of ether oxygens (including phenoxy) is 2. The molecule has 1 aromatic rings. The minimum atomic E-state index is -0.532. The predicted molar refractivity (Wildman–Crippen MR) is 79.5 cm³/mol. The van der Waals surface area contributed by atoms with Gasteiger partial charge in [0.05, 0.1) is 13.2 Å². The Labute approximate surface area is 125 Å². The van der Waals surface area contributed by atoms with Crippen molar-refractivity contribution in [1.82, 2.24) is 5.32 Å². The normalized spacial score (nSPS) is 18.4. The summed E-state index contributed by atoms with van der Waals surface area (Å²) in [5, 5.41) is 13.8. The van der Waals surface area contributed by atoms with Gasteiger partial charge in [-0.25, -0.2) is 0 Å². The van der Waals surface area contributed by atoms with E-state index >= 15 is 0 Å². The molecule has 1 heterocycles. The fourth-order valence-electron chi connectivity index (χ4n) is 2.05. The smallest absolute Gasteiger partial charge is 0.119 e. The lowest BCUT2D eigenvalue weighted by atomic mass is 9.89. The van der Waals surface area contributed by atoms with Crippen molar-refractivity contribution in [3.05, 3.63) is 28.8 Å². The van der Waals surface area contributed by atoms with Crippen molar-refractivity contribution >= 4 is 11.6 Å². The standard InChI is InChI=1S/C15H22ClNO3/c1-11-5-13(3-4-14(11)16)20-7-12(18)6-17-8-15(2)9-19-10-15/h3-5,12,17-18H,6-10H2,1-2H3. The maximum absolute atomic E-state index is 9.88. The van der Waals surface area contributed by atoms with Crippen molar-refractivity contribution in [3.8, 4) is 5.75 Å². The van der Waals surface area contributed by atoms with Crippen LogP contribution in [0.1, 0.15) is 12.5 Å². The van der Waals surface area contributed by atoms with E-state index < -0.39 is 6.10 Å². The Morgan fingerprint density at radius 1 is 1.50 bits per heavy atom. The van der Waals surface area contributed by atoms with Crippen LogP contribution in [-0.4, -0.2) is 44.1 Å². The molecule has 1 saturated heterocycles. The lowest BCUT2D eigenvalue weighted by Crippen LogP contribution is -2.48. The fourth-order valence-corrected chi connectivity index (χ4v) is 2.17. The van der Waals surface area contributed by atoms with E-state index in [4.69, 9.17) is 21.1 Å². The SMILES string of the molecule is Cc1cc(OCC(O)CNCC2(C)COC2)ccc1Cl. The molecule has 5 heteroatoms. The first-order chi connectivity index (χ1) is 9.48. The highest BCUT2D eigenvalue weighted by Gasteiger charge is 2.32. The number of hydrogen-bond donors (Lipinski definition) is 2. The van der Waals surface area contributed by atoms with Crippen molar-refractivity contribution in [2.45, 2.75) is 20.0 Å². The molecule has 20 heavy (non-hydrogen) atoms. The van der Waals surface area contributed by atoms with Gasteiger partial charge in [-0.1, -0.05) is 18.5 Å². The van der Waals surface area contributed by atoms with Gasteiger partial charge < -0.3 is 19.9 Å². The monoisotopic (exact) mass is 299 g/mol. The van der Waals surface area contributed by atoms with Gasteiger partial charge in [-0.2, -0.15) is 0 Å². The van der Waals surface area contributed by atoms with Crippen LogP contribution < -0.4 is 10.1 Å². The summed E-state index contributed by atoms with van der Waals surface area (Å²) in [6.45, 7) is 7.30. The number of aryl methyl sites for hydroxylation is 1. The van der Waals surface area contributed by atoms with Gasteiger partial charge >= 0.3 is 0 Å². The molecule has 1 aliphatic rings. The Morgan fingerprint density at radius 3 is 2.85 bits per heavy atom. The minimum absolute atomic E-state index is 0.216. The Kier molecular flexibility index (Phi) is 5.27. The Morgan fingerprint density at radius 2 is 2.25 bits per heavy atom. The number of halogens is 1. The summed E-state index contributed by atoms with van der Waals surface area (Å²) >= 11 is 5.95. The molecule has 1 fully saturated rings. The van der Waals surface area contributed by atoms with E-state index in [1.165, 1.54) is 0 Å². The molecule has 0 spiro atoms. The van der Waals surface area contributed by atoms with E-state index in [2.05, 4.69) is 12.2 Å². The molecule has 0 bridgehead atoms. The zero-order valence-electron chi connectivity index (χ0n) is 12.0. The van der Waals surface area contributed by atoms with Gasteiger partial charge in [0, 0.05) is 23.5 Å². The van der Waals surface area contributed by atoms with Crippen LogP contribution in [0.3, 0.4) is 0 Å². The van der Waals surface area contributed by atoms with E-state index in [-0.39, 0.29) is 12.0 Å². The fraction of sp³-hybridized carbons (Fsp3) is 0.600. The molecule has 1 atom stereocenters. The molecule has 0 saturated carbocycles. The number of aliphatic hydroxyl groups is 1. The van der Waals surface area contributed by atoms with Crippen LogP contribution in [0.4, 0.5) is 0 Å². The van der Waals surface area contributed by atoms with Gasteiger partial charge in [0.25, 0.3) is 0 Å². The molecule has 0 radical (unpaired) electrons. The molecule has 4 nitrogen and oxygen atoms in total. The third-order valence-corrected chi connectivity index (χ3v) is 3.83. The number of rotatable bonds is 7. The molecule has 1 aromatic carbocycles. The highest BCUT2D eigenvalue weighted by atomic mass is 35.5. The lowest BCUT2D eigenvalue weighted by Gasteiger charge is -2.38. The first-order valence-electron chi connectivity index (χ1n) is 6.84. The third-order valence-electron chi connectivity index (χ3n) is 3.40. The zero-order chi connectivity index (χ0) is 14.6. The van der Waals surface area contributed by atoms with Crippen LogP contribution in [0.25, 0.3) is 0 Å². The summed E-state index contributed by atoms with van der Waals surface area (Å²) in [5.74, 6) is 0.727. The Bertz CT molecular complexity index is 449.